The molecule has 1 aromatic rings. The molecule has 0 amide bonds. The lowest BCUT2D eigenvalue weighted by Crippen LogP contribution is -2.33. The molecule has 5 nitrogen and oxygen atoms in total. The molecular formula is C15H26ClN3O2. The van der Waals surface area contributed by atoms with Crippen LogP contribution in [0.2, 0.25) is 5.15 Å². The van der Waals surface area contributed by atoms with Gasteiger partial charge in [0.15, 0.2) is 0 Å². The van der Waals surface area contributed by atoms with Crippen molar-refractivity contribution < 1.29 is 9.47 Å². The van der Waals surface area contributed by atoms with Crippen molar-refractivity contribution >= 4 is 17.4 Å². The van der Waals surface area contributed by atoms with Gasteiger partial charge in [-0.15, -0.1) is 0 Å². The number of aryl methyl sites for hydroxylation is 1. The van der Waals surface area contributed by atoms with Gasteiger partial charge < -0.3 is 14.4 Å². The summed E-state index contributed by atoms with van der Waals surface area (Å²) in [4.78, 5) is 11.1. The van der Waals surface area contributed by atoms with E-state index in [9.17, 15) is 0 Å². The molecule has 0 fully saturated rings. The van der Waals surface area contributed by atoms with Crippen LogP contribution in [-0.4, -0.2) is 49.5 Å². The lowest BCUT2D eigenvalue weighted by atomic mass is 10.3. The maximum Gasteiger partial charge on any atom is 0.137 e. The summed E-state index contributed by atoms with van der Waals surface area (Å²) < 4.78 is 10.9. The third-order valence-electron chi connectivity index (χ3n) is 3.14. The maximum atomic E-state index is 6.22. The van der Waals surface area contributed by atoms with Gasteiger partial charge in [0.2, 0.25) is 0 Å². The molecule has 0 aliphatic carbocycles. The molecule has 0 saturated heterocycles. The SMILES string of the molecule is CCOCCN(CCOCC)c1nc(CC)nc(Cl)c1C. The Hall–Kier alpha value is -0.910. The van der Waals surface area contributed by atoms with E-state index in [0.717, 1.165) is 36.7 Å². The Morgan fingerprint density at radius 2 is 1.57 bits per heavy atom. The molecule has 0 bridgehead atoms. The van der Waals surface area contributed by atoms with Crippen molar-refractivity contribution in [1.82, 2.24) is 9.97 Å². The zero-order chi connectivity index (χ0) is 15.7. The largest absolute Gasteiger partial charge is 0.380 e. The zero-order valence-electron chi connectivity index (χ0n) is 13.5. The van der Waals surface area contributed by atoms with Gasteiger partial charge in [-0.3, -0.25) is 0 Å². The number of hydrogen-bond donors (Lipinski definition) is 0. The predicted octanol–water partition coefficient (Wildman–Crippen LogP) is 2.88. The van der Waals surface area contributed by atoms with Gasteiger partial charge in [0.1, 0.15) is 16.8 Å². The lowest BCUT2D eigenvalue weighted by Gasteiger charge is -2.25. The molecule has 120 valence electrons. The van der Waals surface area contributed by atoms with Crippen LogP contribution in [0.1, 0.15) is 32.2 Å². The summed E-state index contributed by atoms with van der Waals surface area (Å²) in [6, 6.07) is 0. The van der Waals surface area contributed by atoms with Gasteiger partial charge in [0.05, 0.1) is 13.2 Å². The molecule has 0 unspecified atom stereocenters. The third kappa shape index (κ3) is 5.77. The average molecular weight is 316 g/mol. The number of ether oxygens (including phenoxy) is 2. The highest BCUT2D eigenvalue weighted by molar-refractivity contribution is 6.30. The van der Waals surface area contributed by atoms with Crippen molar-refractivity contribution in [3.8, 4) is 0 Å². The summed E-state index contributed by atoms with van der Waals surface area (Å²) in [6.07, 6.45) is 0.762. The van der Waals surface area contributed by atoms with Crippen LogP contribution in [0.5, 0.6) is 0 Å². The third-order valence-corrected chi connectivity index (χ3v) is 3.51. The summed E-state index contributed by atoms with van der Waals surface area (Å²) in [6.45, 7) is 12.2. The van der Waals surface area contributed by atoms with E-state index in [-0.39, 0.29) is 0 Å². The lowest BCUT2D eigenvalue weighted by molar-refractivity contribution is 0.141. The van der Waals surface area contributed by atoms with E-state index >= 15 is 0 Å². The Kier molecular flexibility index (Phi) is 8.57. The van der Waals surface area contributed by atoms with Gasteiger partial charge in [0, 0.05) is 38.3 Å². The first-order valence-electron chi connectivity index (χ1n) is 7.57. The van der Waals surface area contributed by atoms with Gasteiger partial charge >= 0.3 is 0 Å². The Labute approximate surface area is 132 Å². The van der Waals surface area contributed by atoms with Crippen LogP contribution >= 0.6 is 11.6 Å². The van der Waals surface area contributed by atoms with Crippen molar-refractivity contribution in [2.24, 2.45) is 0 Å². The Morgan fingerprint density at radius 1 is 1.00 bits per heavy atom. The highest BCUT2D eigenvalue weighted by Gasteiger charge is 2.15. The Morgan fingerprint density at radius 3 is 2.05 bits per heavy atom. The van der Waals surface area contributed by atoms with Gasteiger partial charge in [0.25, 0.3) is 0 Å². The minimum atomic E-state index is 0.523. The molecule has 0 saturated carbocycles. The average Bonchev–Trinajstić information content (AvgIpc) is 2.49. The number of rotatable bonds is 10. The van der Waals surface area contributed by atoms with Gasteiger partial charge in [-0.25, -0.2) is 9.97 Å². The number of hydrogen-bond acceptors (Lipinski definition) is 5. The van der Waals surface area contributed by atoms with Crippen LogP contribution in [0.4, 0.5) is 5.82 Å². The molecule has 0 aliphatic heterocycles. The topological polar surface area (TPSA) is 47.5 Å². The van der Waals surface area contributed by atoms with Crippen molar-refractivity contribution in [2.45, 2.75) is 34.1 Å². The maximum absolute atomic E-state index is 6.22. The summed E-state index contributed by atoms with van der Waals surface area (Å²) >= 11 is 6.22. The van der Waals surface area contributed by atoms with E-state index < -0.39 is 0 Å². The van der Waals surface area contributed by atoms with Crippen molar-refractivity contribution in [3.05, 3.63) is 16.5 Å². The zero-order valence-corrected chi connectivity index (χ0v) is 14.2. The first-order chi connectivity index (χ1) is 10.1. The smallest absolute Gasteiger partial charge is 0.137 e. The molecule has 0 N–H and O–H groups in total. The molecule has 0 aliphatic rings. The van der Waals surface area contributed by atoms with Crippen molar-refractivity contribution in [2.75, 3.05) is 44.4 Å². The van der Waals surface area contributed by atoms with E-state index in [1.165, 1.54) is 0 Å². The molecule has 1 heterocycles. The second kappa shape index (κ2) is 9.92. The number of nitrogens with zero attached hydrogens (tertiary/aromatic N) is 3. The van der Waals surface area contributed by atoms with E-state index in [1.807, 2.05) is 27.7 Å². The Bertz CT molecular complexity index is 420. The Balaban J connectivity index is 2.91. The monoisotopic (exact) mass is 315 g/mol. The van der Waals surface area contributed by atoms with Crippen molar-refractivity contribution in [1.29, 1.82) is 0 Å². The van der Waals surface area contributed by atoms with Crippen LogP contribution in [0.3, 0.4) is 0 Å². The quantitative estimate of drug-likeness (QED) is 0.491. The van der Waals surface area contributed by atoms with Gasteiger partial charge in [-0.2, -0.15) is 0 Å². The van der Waals surface area contributed by atoms with Gasteiger partial charge in [-0.1, -0.05) is 18.5 Å². The summed E-state index contributed by atoms with van der Waals surface area (Å²) in [7, 11) is 0. The number of aromatic nitrogens is 2. The summed E-state index contributed by atoms with van der Waals surface area (Å²) in [5.41, 5.74) is 0.905. The van der Waals surface area contributed by atoms with Crippen LogP contribution in [0, 0.1) is 6.92 Å². The first kappa shape index (κ1) is 18.1. The van der Waals surface area contributed by atoms with Crippen LogP contribution in [0.25, 0.3) is 0 Å². The fourth-order valence-corrected chi connectivity index (χ4v) is 2.13. The second-order valence-corrected chi connectivity index (χ2v) is 4.97. The molecule has 0 atom stereocenters. The first-order valence-corrected chi connectivity index (χ1v) is 7.95. The van der Waals surface area contributed by atoms with E-state index in [4.69, 9.17) is 21.1 Å². The predicted molar refractivity (Wildman–Crippen MR) is 86.4 cm³/mol. The highest BCUT2D eigenvalue weighted by atomic mass is 35.5. The van der Waals surface area contributed by atoms with Crippen molar-refractivity contribution in [3.63, 3.8) is 0 Å². The minimum absolute atomic E-state index is 0.523. The highest BCUT2D eigenvalue weighted by Crippen LogP contribution is 2.23. The van der Waals surface area contributed by atoms with E-state index in [0.29, 0.717) is 31.6 Å². The van der Waals surface area contributed by atoms with Crippen LogP contribution in [0.15, 0.2) is 0 Å². The van der Waals surface area contributed by atoms with E-state index in [1.54, 1.807) is 0 Å². The van der Waals surface area contributed by atoms with Gasteiger partial charge in [-0.05, 0) is 20.8 Å². The fourth-order valence-electron chi connectivity index (χ4n) is 1.95. The molecule has 0 aromatic carbocycles. The molecule has 21 heavy (non-hydrogen) atoms. The normalized spacial score (nSPS) is 10.9. The number of halogens is 1. The van der Waals surface area contributed by atoms with Crippen LogP contribution in [-0.2, 0) is 15.9 Å². The standard InChI is InChI=1S/C15H26ClN3O2/c1-5-13-17-14(16)12(4)15(18-13)19(8-10-20-6-2)9-11-21-7-3/h5-11H2,1-4H3. The fraction of sp³-hybridized carbons (Fsp3) is 0.733. The minimum Gasteiger partial charge on any atom is -0.380 e. The molecule has 6 heteroatoms. The number of anilines is 1. The molecule has 1 aromatic heterocycles. The van der Waals surface area contributed by atoms with E-state index in [2.05, 4.69) is 14.9 Å². The van der Waals surface area contributed by atoms with Crippen LogP contribution < -0.4 is 4.90 Å². The molecule has 1 rings (SSSR count). The molecule has 0 radical (unpaired) electrons. The second-order valence-electron chi connectivity index (χ2n) is 4.61. The summed E-state index contributed by atoms with van der Waals surface area (Å²) in [5, 5.41) is 0.523. The summed E-state index contributed by atoms with van der Waals surface area (Å²) in [5.74, 6) is 1.64. The molecule has 0 spiro atoms. The molecular weight excluding hydrogens is 290 g/mol.